The van der Waals surface area contributed by atoms with Crippen molar-refractivity contribution in [3.8, 4) is 0 Å². The van der Waals surface area contributed by atoms with Gasteiger partial charge in [-0.3, -0.25) is 0 Å². The minimum absolute atomic E-state index is 0.780. The number of hydrogen-bond acceptors (Lipinski definition) is 2. The van der Waals surface area contributed by atoms with Gasteiger partial charge in [0.05, 0.1) is 0 Å². The lowest BCUT2D eigenvalue weighted by Crippen LogP contribution is -2.31. The fourth-order valence-corrected chi connectivity index (χ4v) is 2.25. The molecule has 0 aromatic carbocycles. The number of nitrogens with zero attached hydrogens (tertiary/aromatic N) is 1. The largest absolute Gasteiger partial charge is 0.319 e. The molecule has 0 aromatic heterocycles. The van der Waals surface area contributed by atoms with Crippen LogP contribution in [0.2, 0.25) is 0 Å². The number of rotatable bonds is 4. The van der Waals surface area contributed by atoms with Crippen molar-refractivity contribution in [2.75, 3.05) is 33.2 Å². The van der Waals surface area contributed by atoms with Crippen molar-refractivity contribution in [1.29, 1.82) is 0 Å². The second-order valence-electron chi connectivity index (χ2n) is 4.84. The minimum Gasteiger partial charge on any atom is -0.319 e. The maximum Gasteiger partial charge on any atom is 0.00194 e. The molecule has 0 aliphatic carbocycles. The van der Waals surface area contributed by atoms with Crippen molar-refractivity contribution in [1.82, 2.24) is 10.2 Å². The smallest absolute Gasteiger partial charge is 0.00194 e. The predicted molar refractivity (Wildman–Crippen MR) is 57.9 cm³/mol. The third kappa shape index (κ3) is 3.28. The summed E-state index contributed by atoms with van der Waals surface area (Å²) in [5.74, 6) is 2.56. The van der Waals surface area contributed by atoms with Crippen molar-refractivity contribution in [3.05, 3.63) is 0 Å². The fraction of sp³-hybridized carbons (Fsp3) is 1.00. The van der Waals surface area contributed by atoms with Crippen molar-refractivity contribution in [3.63, 3.8) is 0 Å². The summed E-state index contributed by atoms with van der Waals surface area (Å²) in [5, 5.41) is 3.24. The molecule has 1 aliphatic heterocycles. The topological polar surface area (TPSA) is 15.3 Å². The van der Waals surface area contributed by atoms with E-state index in [1.807, 2.05) is 7.05 Å². The van der Waals surface area contributed by atoms with E-state index in [2.05, 4.69) is 31.0 Å². The molecule has 78 valence electrons. The zero-order valence-corrected chi connectivity index (χ0v) is 9.51. The third-order valence-corrected chi connectivity index (χ3v) is 3.19. The van der Waals surface area contributed by atoms with Gasteiger partial charge in [0.1, 0.15) is 0 Å². The first-order valence-electron chi connectivity index (χ1n) is 5.50. The molecular formula is C11H24N2. The van der Waals surface area contributed by atoms with E-state index in [9.17, 15) is 0 Å². The Hall–Kier alpha value is -0.0800. The number of nitrogens with one attached hydrogen (secondary N) is 1. The molecule has 0 aromatic rings. The SMILES string of the molecule is CNCC(C)CN1CC(C)C(C)C1. The van der Waals surface area contributed by atoms with Gasteiger partial charge >= 0.3 is 0 Å². The quantitative estimate of drug-likeness (QED) is 0.711. The van der Waals surface area contributed by atoms with Gasteiger partial charge in [-0.05, 0) is 31.3 Å². The van der Waals surface area contributed by atoms with Gasteiger partial charge in [0, 0.05) is 19.6 Å². The Morgan fingerprint density at radius 3 is 2.31 bits per heavy atom. The van der Waals surface area contributed by atoms with Gasteiger partial charge in [0.2, 0.25) is 0 Å². The highest BCUT2D eigenvalue weighted by atomic mass is 15.2. The van der Waals surface area contributed by atoms with Gasteiger partial charge < -0.3 is 10.2 Å². The molecule has 1 heterocycles. The molecule has 3 unspecified atom stereocenters. The highest BCUT2D eigenvalue weighted by Gasteiger charge is 2.26. The lowest BCUT2D eigenvalue weighted by atomic mass is 10.0. The highest BCUT2D eigenvalue weighted by Crippen LogP contribution is 2.22. The lowest BCUT2D eigenvalue weighted by molar-refractivity contribution is 0.274. The van der Waals surface area contributed by atoms with Crippen molar-refractivity contribution in [2.45, 2.75) is 20.8 Å². The highest BCUT2D eigenvalue weighted by molar-refractivity contribution is 4.79. The van der Waals surface area contributed by atoms with E-state index in [1.54, 1.807) is 0 Å². The molecule has 3 atom stereocenters. The molecule has 1 saturated heterocycles. The molecule has 2 nitrogen and oxygen atoms in total. The van der Waals surface area contributed by atoms with Gasteiger partial charge in [0.15, 0.2) is 0 Å². The van der Waals surface area contributed by atoms with Gasteiger partial charge in [-0.25, -0.2) is 0 Å². The zero-order chi connectivity index (χ0) is 9.84. The van der Waals surface area contributed by atoms with Gasteiger partial charge in [0.25, 0.3) is 0 Å². The van der Waals surface area contributed by atoms with E-state index >= 15 is 0 Å². The Labute approximate surface area is 82.7 Å². The van der Waals surface area contributed by atoms with Crippen LogP contribution in [-0.2, 0) is 0 Å². The molecule has 0 saturated carbocycles. The van der Waals surface area contributed by atoms with Crippen LogP contribution in [0.3, 0.4) is 0 Å². The minimum atomic E-state index is 0.780. The maximum absolute atomic E-state index is 3.24. The summed E-state index contributed by atoms with van der Waals surface area (Å²) >= 11 is 0. The average molecular weight is 184 g/mol. The molecule has 0 spiro atoms. The molecule has 13 heavy (non-hydrogen) atoms. The molecule has 2 heteroatoms. The van der Waals surface area contributed by atoms with Gasteiger partial charge in [-0.1, -0.05) is 20.8 Å². The predicted octanol–water partition coefficient (Wildman–Crippen LogP) is 1.43. The molecule has 1 fully saturated rings. The van der Waals surface area contributed by atoms with Gasteiger partial charge in [-0.2, -0.15) is 0 Å². The first-order chi connectivity index (χ1) is 6.13. The molecule has 0 bridgehead atoms. The van der Waals surface area contributed by atoms with Crippen LogP contribution in [-0.4, -0.2) is 38.1 Å². The van der Waals surface area contributed by atoms with E-state index in [0.717, 1.165) is 24.3 Å². The first kappa shape index (κ1) is 11.0. The van der Waals surface area contributed by atoms with E-state index in [-0.39, 0.29) is 0 Å². The molecule has 1 N–H and O–H groups in total. The molecule has 1 aliphatic rings. The van der Waals surface area contributed by atoms with Crippen LogP contribution < -0.4 is 5.32 Å². The van der Waals surface area contributed by atoms with Crippen LogP contribution in [0.4, 0.5) is 0 Å². The molecular weight excluding hydrogens is 160 g/mol. The number of likely N-dealkylation sites (tertiary alicyclic amines) is 1. The van der Waals surface area contributed by atoms with Crippen LogP contribution in [0, 0.1) is 17.8 Å². The van der Waals surface area contributed by atoms with Crippen molar-refractivity contribution < 1.29 is 0 Å². The second kappa shape index (κ2) is 4.97. The Bertz CT molecular complexity index is 137. The third-order valence-electron chi connectivity index (χ3n) is 3.19. The summed E-state index contributed by atoms with van der Waals surface area (Å²) in [6, 6.07) is 0. The summed E-state index contributed by atoms with van der Waals surface area (Å²) in [4.78, 5) is 2.61. The van der Waals surface area contributed by atoms with Gasteiger partial charge in [-0.15, -0.1) is 0 Å². The number of hydrogen-bond donors (Lipinski definition) is 1. The monoisotopic (exact) mass is 184 g/mol. The summed E-state index contributed by atoms with van der Waals surface area (Å²) in [7, 11) is 2.03. The summed E-state index contributed by atoms with van der Waals surface area (Å²) < 4.78 is 0. The summed E-state index contributed by atoms with van der Waals surface area (Å²) in [5.41, 5.74) is 0. The Morgan fingerprint density at radius 2 is 1.85 bits per heavy atom. The van der Waals surface area contributed by atoms with E-state index in [1.165, 1.54) is 19.6 Å². The molecule has 0 radical (unpaired) electrons. The Morgan fingerprint density at radius 1 is 1.31 bits per heavy atom. The molecule has 1 rings (SSSR count). The second-order valence-corrected chi connectivity index (χ2v) is 4.84. The van der Waals surface area contributed by atoms with E-state index < -0.39 is 0 Å². The zero-order valence-electron chi connectivity index (χ0n) is 9.51. The lowest BCUT2D eigenvalue weighted by Gasteiger charge is -2.20. The van der Waals surface area contributed by atoms with Crippen molar-refractivity contribution in [2.24, 2.45) is 17.8 Å². The Kier molecular flexibility index (Phi) is 4.20. The first-order valence-corrected chi connectivity index (χ1v) is 5.50. The average Bonchev–Trinajstić information content (AvgIpc) is 2.31. The molecule has 0 amide bonds. The van der Waals surface area contributed by atoms with E-state index in [0.29, 0.717) is 0 Å². The van der Waals surface area contributed by atoms with Crippen LogP contribution in [0.15, 0.2) is 0 Å². The van der Waals surface area contributed by atoms with E-state index in [4.69, 9.17) is 0 Å². The standard InChI is InChI=1S/C11H24N2/c1-9(5-12-4)6-13-7-10(2)11(3)8-13/h9-12H,5-8H2,1-4H3. The normalized spacial score (nSPS) is 32.3. The Balaban J connectivity index is 2.23. The van der Waals surface area contributed by atoms with Crippen LogP contribution >= 0.6 is 0 Å². The summed E-state index contributed by atoms with van der Waals surface area (Å²) in [6.07, 6.45) is 0. The van der Waals surface area contributed by atoms with Crippen LogP contribution in [0.1, 0.15) is 20.8 Å². The maximum atomic E-state index is 3.24. The summed E-state index contributed by atoms with van der Waals surface area (Å²) in [6.45, 7) is 12.1. The van der Waals surface area contributed by atoms with Crippen LogP contribution in [0.5, 0.6) is 0 Å². The fourth-order valence-electron chi connectivity index (χ4n) is 2.25. The van der Waals surface area contributed by atoms with Crippen molar-refractivity contribution >= 4 is 0 Å². The van der Waals surface area contributed by atoms with Crippen LogP contribution in [0.25, 0.3) is 0 Å².